The number of methoxy groups -OCH3 is 2. The molecule has 2 N–H and O–H groups in total. The molecule has 35 heavy (non-hydrogen) atoms. The second kappa shape index (κ2) is 9.55. The van der Waals surface area contributed by atoms with Crippen LogP contribution in [-0.2, 0) is 14.4 Å². The first kappa shape index (κ1) is 23.9. The minimum absolute atomic E-state index is 0.107. The lowest BCUT2D eigenvalue weighted by atomic mass is 9.98. The van der Waals surface area contributed by atoms with Crippen LogP contribution in [0.25, 0.3) is 5.76 Å². The molecule has 0 bridgehead atoms. The molecule has 1 aliphatic rings. The molecule has 1 atom stereocenters. The Kier molecular flexibility index (Phi) is 6.52. The molecule has 1 aromatic heterocycles. The Morgan fingerprint density at radius 3 is 2.46 bits per heavy atom. The summed E-state index contributed by atoms with van der Waals surface area (Å²) in [5.74, 6) is -1.94. The Morgan fingerprint density at radius 2 is 1.83 bits per heavy atom. The average Bonchev–Trinajstić information content (AvgIpc) is 3.45. The van der Waals surface area contributed by atoms with Gasteiger partial charge in [0.15, 0.2) is 0 Å². The number of hydrogen-bond acceptors (Lipinski definition) is 7. The number of aliphatic hydroxyl groups excluding tert-OH is 1. The summed E-state index contributed by atoms with van der Waals surface area (Å²) in [6, 6.07) is 11.4. The van der Waals surface area contributed by atoms with Gasteiger partial charge < -0.3 is 24.3 Å². The molecule has 1 aliphatic heterocycles. The van der Waals surface area contributed by atoms with Crippen LogP contribution < -0.4 is 19.7 Å². The van der Waals surface area contributed by atoms with Crippen LogP contribution in [0.5, 0.6) is 11.5 Å². The zero-order valence-electron chi connectivity index (χ0n) is 19.0. The van der Waals surface area contributed by atoms with Gasteiger partial charge in [-0.05, 0) is 36.4 Å². The number of carbonyl (C=O) groups is 3. The summed E-state index contributed by atoms with van der Waals surface area (Å²) in [4.78, 5) is 39.2. The van der Waals surface area contributed by atoms with Crippen molar-refractivity contribution in [3.05, 3.63) is 76.7 Å². The Balaban J connectivity index is 1.93. The molecule has 1 saturated heterocycles. The third-order valence-electron chi connectivity index (χ3n) is 5.43. The minimum Gasteiger partial charge on any atom is -0.507 e. The monoisotopic (exact) mass is 496 g/mol. The highest BCUT2D eigenvalue weighted by Crippen LogP contribution is 2.45. The highest BCUT2D eigenvalue weighted by molar-refractivity contribution is 6.51. The van der Waals surface area contributed by atoms with Gasteiger partial charge >= 0.3 is 0 Å². The van der Waals surface area contributed by atoms with Gasteiger partial charge in [0.05, 0.1) is 36.6 Å². The van der Waals surface area contributed by atoms with Gasteiger partial charge in [0.25, 0.3) is 11.7 Å². The molecule has 2 amide bonds. The van der Waals surface area contributed by atoms with Crippen LogP contribution in [0.3, 0.4) is 0 Å². The first-order valence-electron chi connectivity index (χ1n) is 10.4. The van der Waals surface area contributed by atoms with E-state index < -0.39 is 23.5 Å². The number of nitrogens with one attached hydrogen (secondary N) is 1. The van der Waals surface area contributed by atoms with Crippen LogP contribution >= 0.6 is 11.6 Å². The molecule has 0 radical (unpaired) electrons. The van der Waals surface area contributed by atoms with Crippen molar-refractivity contribution in [3.8, 4) is 11.5 Å². The van der Waals surface area contributed by atoms with E-state index in [1.54, 1.807) is 36.4 Å². The summed E-state index contributed by atoms with van der Waals surface area (Å²) in [6.45, 7) is 1.36. The van der Waals surface area contributed by atoms with Crippen molar-refractivity contribution in [2.45, 2.75) is 13.0 Å². The Labute approximate surface area is 205 Å². The first-order chi connectivity index (χ1) is 16.8. The normalized spacial score (nSPS) is 16.9. The molecule has 2 aromatic carbocycles. The number of carbonyl (C=O) groups excluding carboxylic acids is 3. The molecule has 0 aliphatic carbocycles. The molecule has 10 heteroatoms. The maximum Gasteiger partial charge on any atom is 0.300 e. The molecule has 3 aromatic rings. The van der Waals surface area contributed by atoms with E-state index in [1.807, 2.05) is 0 Å². The number of anilines is 2. The number of hydrogen-bond donors (Lipinski definition) is 2. The lowest BCUT2D eigenvalue weighted by molar-refractivity contribution is -0.132. The lowest BCUT2D eigenvalue weighted by Crippen LogP contribution is -2.29. The molecule has 2 heterocycles. The van der Waals surface area contributed by atoms with E-state index in [0.717, 1.165) is 0 Å². The molecule has 9 nitrogen and oxygen atoms in total. The zero-order valence-corrected chi connectivity index (χ0v) is 19.8. The first-order valence-corrected chi connectivity index (χ1v) is 10.8. The number of furan rings is 1. The van der Waals surface area contributed by atoms with Crippen LogP contribution in [0.15, 0.2) is 64.8 Å². The standard InChI is InChI=1S/C25H21ClN2O7/c1-13(29)27-14-6-4-7-15(10-14)28-22(18-8-5-9-35-18)21(24(31)25(28)32)23(30)16-11-20(34-3)17(26)12-19(16)33-2/h4-12,22,30H,1-3H3,(H,27,29)/b23-21+. The summed E-state index contributed by atoms with van der Waals surface area (Å²) in [5, 5.41) is 14.2. The molecule has 1 fully saturated rings. The number of nitrogens with zero attached hydrogens (tertiary/aromatic N) is 1. The van der Waals surface area contributed by atoms with Crippen molar-refractivity contribution < 1.29 is 33.4 Å². The second-order valence-electron chi connectivity index (χ2n) is 7.60. The van der Waals surface area contributed by atoms with Gasteiger partial charge in [0.2, 0.25) is 5.91 Å². The molecule has 1 unspecified atom stereocenters. The Hall–Kier alpha value is -4.24. The number of halogens is 1. The molecule has 180 valence electrons. The molecule has 0 spiro atoms. The summed E-state index contributed by atoms with van der Waals surface area (Å²) in [6.07, 6.45) is 1.40. The van der Waals surface area contributed by atoms with Crippen LogP contribution in [0.1, 0.15) is 24.3 Å². The van der Waals surface area contributed by atoms with E-state index in [0.29, 0.717) is 11.4 Å². The second-order valence-corrected chi connectivity index (χ2v) is 8.01. The van der Waals surface area contributed by atoms with Gasteiger partial charge in [-0.15, -0.1) is 0 Å². The smallest absolute Gasteiger partial charge is 0.300 e. The van der Waals surface area contributed by atoms with E-state index in [2.05, 4.69) is 5.32 Å². The predicted molar refractivity (Wildman–Crippen MR) is 129 cm³/mol. The van der Waals surface area contributed by atoms with E-state index in [9.17, 15) is 19.5 Å². The Morgan fingerprint density at radius 1 is 1.09 bits per heavy atom. The fraction of sp³-hybridized carbons (Fsp3) is 0.160. The number of ether oxygens (including phenoxy) is 2. The van der Waals surface area contributed by atoms with Crippen LogP contribution in [0, 0.1) is 0 Å². The van der Waals surface area contributed by atoms with Crippen molar-refractivity contribution in [1.82, 2.24) is 0 Å². The lowest BCUT2D eigenvalue weighted by Gasteiger charge is -2.24. The summed E-state index contributed by atoms with van der Waals surface area (Å²) < 4.78 is 16.2. The quantitative estimate of drug-likeness (QED) is 0.292. The van der Waals surface area contributed by atoms with Gasteiger partial charge in [-0.2, -0.15) is 0 Å². The Bertz CT molecular complexity index is 1350. The molecule has 4 rings (SSSR count). The van der Waals surface area contributed by atoms with Crippen molar-refractivity contribution in [2.24, 2.45) is 0 Å². The number of amides is 2. The SMILES string of the molecule is COc1cc(/C(O)=C2\C(=O)C(=O)N(c3cccc(NC(C)=O)c3)C2c2ccco2)c(OC)cc1Cl. The maximum atomic E-state index is 13.3. The summed E-state index contributed by atoms with van der Waals surface area (Å²) in [7, 11) is 2.78. The van der Waals surface area contributed by atoms with Gasteiger partial charge in [0.1, 0.15) is 29.1 Å². The number of benzene rings is 2. The third-order valence-corrected chi connectivity index (χ3v) is 5.73. The van der Waals surface area contributed by atoms with E-state index in [1.165, 1.54) is 44.4 Å². The minimum atomic E-state index is -1.09. The topological polar surface area (TPSA) is 118 Å². The molecular formula is C25H21ClN2O7. The average molecular weight is 497 g/mol. The highest BCUT2D eigenvalue weighted by atomic mass is 35.5. The van der Waals surface area contributed by atoms with E-state index >= 15 is 0 Å². The van der Waals surface area contributed by atoms with Crippen molar-refractivity contribution >= 4 is 46.3 Å². The fourth-order valence-electron chi connectivity index (χ4n) is 3.94. The fourth-order valence-corrected chi connectivity index (χ4v) is 4.17. The van der Waals surface area contributed by atoms with Crippen molar-refractivity contribution in [1.29, 1.82) is 0 Å². The van der Waals surface area contributed by atoms with Gasteiger partial charge in [-0.3, -0.25) is 19.3 Å². The van der Waals surface area contributed by atoms with Crippen LogP contribution in [0.4, 0.5) is 11.4 Å². The number of aliphatic hydroxyl groups is 1. The van der Waals surface area contributed by atoms with Gasteiger partial charge in [-0.25, -0.2) is 0 Å². The predicted octanol–water partition coefficient (Wildman–Crippen LogP) is 4.53. The van der Waals surface area contributed by atoms with Crippen LogP contribution in [-0.4, -0.2) is 36.9 Å². The molecular weight excluding hydrogens is 476 g/mol. The summed E-state index contributed by atoms with van der Waals surface area (Å²) >= 11 is 6.18. The van der Waals surface area contributed by atoms with E-state index in [-0.39, 0.29) is 39.3 Å². The van der Waals surface area contributed by atoms with E-state index in [4.69, 9.17) is 25.5 Å². The number of Topliss-reactive ketones (excluding diaryl/α,β-unsaturated/α-hetero) is 1. The third kappa shape index (κ3) is 4.33. The number of ketones is 1. The zero-order chi connectivity index (χ0) is 25.3. The molecule has 0 saturated carbocycles. The van der Waals surface area contributed by atoms with Crippen LogP contribution in [0.2, 0.25) is 5.02 Å². The largest absolute Gasteiger partial charge is 0.507 e. The van der Waals surface area contributed by atoms with Crippen molar-refractivity contribution in [2.75, 3.05) is 24.4 Å². The maximum absolute atomic E-state index is 13.3. The number of rotatable bonds is 6. The summed E-state index contributed by atoms with van der Waals surface area (Å²) in [5.41, 5.74) is 0.645. The van der Waals surface area contributed by atoms with Crippen molar-refractivity contribution in [3.63, 3.8) is 0 Å². The van der Waals surface area contributed by atoms with Gasteiger partial charge in [-0.1, -0.05) is 17.7 Å². The van der Waals surface area contributed by atoms with Gasteiger partial charge in [0, 0.05) is 24.4 Å². The highest BCUT2D eigenvalue weighted by Gasteiger charge is 2.48.